The van der Waals surface area contributed by atoms with Crippen LogP contribution in [0, 0.1) is 5.92 Å². The topological polar surface area (TPSA) is 66.0 Å². The fourth-order valence-corrected chi connectivity index (χ4v) is 4.60. The van der Waals surface area contributed by atoms with Crippen molar-refractivity contribution in [2.45, 2.75) is 25.8 Å². The molecule has 1 fully saturated rings. The number of aromatic nitrogens is 3. The lowest BCUT2D eigenvalue weighted by atomic mass is 9.93. The number of amides is 2. The first-order chi connectivity index (χ1) is 14.7. The first-order valence-electron chi connectivity index (χ1n) is 10.7. The van der Waals surface area contributed by atoms with E-state index in [0.29, 0.717) is 12.5 Å². The third kappa shape index (κ3) is 3.43. The number of fused-ring (bicyclic) bond motifs is 3. The molecule has 0 spiro atoms. The zero-order valence-corrected chi connectivity index (χ0v) is 17.2. The maximum absolute atomic E-state index is 12.8. The maximum atomic E-state index is 12.8. The summed E-state index contributed by atoms with van der Waals surface area (Å²) in [7, 11) is 0. The van der Waals surface area contributed by atoms with Crippen LogP contribution in [0.4, 0.5) is 4.79 Å². The molecule has 6 heteroatoms. The van der Waals surface area contributed by atoms with Gasteiger partial charge in [-0.25, -0.2) is 9.78 Å². The van der Waals surface area contributed by atoms with E-state index in [1.807, 2.05) is 35.5 Å². The molecule has 2 atom stereocenters. The smallest absolute Gasteiger partial charge is 0.317 e. The number of hydrogen-bond acceptors (Lipinski definition) is 2. The molecule has 0 bridgehead atoms. The van der Waals surface area contributed by atoms with E-state index in [1.165, 1.54) is 11.1 Å². The second-order valence-electron chi connectivity index (χ2n) is 8.27. The van der Waals surface area contributed by atoms with E-state index in [9.17, 15) is 4.79 Å². The van der Waals surface area contributed by atoms with Crippen molar-refractivity contribution < 1.29 is 4.79 Å². The predicted molar refractivity (Wildman–Crippen MR) is 120 cm³/mol. The number of piperidine rings is 1. The van der Waals surface area contributed by atoms with Crippen molar-refractivity contribution in [1.82, 2.24) is 24.8 Å². The zero-order valence-electron chi connectivity index (χ0n) is 17.2. The first kappa shape index (κ1) is 18.7. The van der Waals surface area contributed by atoms with Crippen LogP contribution in [0.2, 0.25) is 0 Å². The number of nitrogens with zero attached hydrogens (tertiary/aromatic N) is 3. The number of carbonyl (C=O) groups is 1. The second kappa shape index (κ2) is 7.86. The highest BCUT2D eigenvalue weighted by atomic mass is 16.2. The normalized spacial score (nSPS) is 19.4. The van der Waals surface area contributed by atoms with Gasteiger partial charge in [-0.2, -0.15) is 0 Å². The highest BCUT2D eigenvalue weighted by Crippen LogP contribution is 2.33. The molecule has 4 heterocycles. The number of hydrogen-bond donors (Lipinski definition) is 2. The molecule has 2 N–H and O–H groups in total. The summed E-state index contributed by atoms with van der Waals surface area (Å²) in [6.45, 7) is 4.46. The Balaban J connectivity index is 1.32. The highest BCUT2D eigenvalue weighted by molar-refractivity contribution is 6.02. The average molecular weight is 402 g/mol. The van der Waals surface area contributed by atoms with Crippen LogP contribution in [0.1, 0.15) is 24.9 Å². The van der Waals surface area contributed by atoms with Gasteiger partial charge in [-0.1, -0.05) is 37.3 Å². The van der Waals surface area contributed by atoms with Crippen LogP contribution in [0.15, 0.2) is 61.1 Å². The summed E-state index contributed by atoms with van der Waals surface area (Å²) < 4.78 is 2.35. The quantitative estimate of drug-likeness (QED) is 0.534. The molecule has 2 amide bonds. The summed E-state index contributed by atoms with van der Waals surface area (Å²) in [6, 6.07) is 14.8. The lowest BCUT2D eigenvalue weighted by Gasteiger charge is -2.38. The van der Waals surface area contributed by atoms with Crippen molar-refractivity contribution in [2.75, 3.05) is 19.6 Å². The van der Waals surface area contributed by atoms with Crippen molar-refractivity contribution in [3.63, 3.8) is 0 Å². The molecule has 154 valence electrons. The van der Waals surface area contributed by atoms with Crippen molar-refractivity contribution in [3.8, 4) is 0 Å². The van der Waals surface area contributed by atoms with Crippen molar-refractivity contribution in [2.24, 2.45) is 5.92 Å². The molecular formula is C24H27N5O. The fourth-order valence-electron chi connectivity index (χ4n) is 4.60. The summed E-state index contributed by atoms with van der Waals surface area (Å²) in [5.41, 5.74) is 3.34. The molecule has 1 aromatic carbocycles. The zero-order chi connectivity index (χ0) is 20.5. The molecule has 5 rings (SSSR count). The minimum atomic E-state index is 0.0350. The monoisotopic (exact) mass is 401 g/mol. The number of urea groups is 1. The van der Waals surface area contributed by atoms with E-state index in [-0.39, 0.29) is 12.1 Å². The molecule has 6 nitrogen and oxygen atoms in total. The SMILES string of the molecule is C[C@@H]1CCN(C(=O)NCCc2ccccc2)C[C@@H]1n1ccc2cnc3[nH]ccc3c21. The molecule has 0 aliphatic carbocycles. The van der Waals surface area contributed by atoms with E-state index in [4.69, 9.17) is 0 Å². The molecule has 1 aliphatic heterocycles. The summed E-state index contributed by atoms with van der Waals surface area (Å²) >= 11 is 0. The van der Waals surface area contributed by atoms with E-state index in [2.05, 4.69) is 57.2 Å². The van der Waals surface area contributed by atoms with Gasteiger partial charge in [0.05, 0.1) is 11.6 Å². The van der Waals surface area contributed by atoms with Gasteiger partial charge in [0, 0.05) is 49.0 Å². The summed E-state index contributed by atoms with van der Waals surface area (Å²) in [6.07, 6.45) is 7.85. The number of H-pyrrole nitrogens is 1. The number of carbonyl (C=O) groups excluding carboxylic acids is 1. The fraction of sp³-hybridized carbons (Fsp3) is 0.333. The van der Waals surface area contributed by atoms with Gasteiger partial charge in [0.15, 0.2) is 0 Å². The van der Waals surface area contributed by atoms with Crippen LogP contribution in [0.25, 0.3) is 21.9 Å². The van der Waals surface area contributed by atoms with Crippen molar-refractivity contribution in [3.05, 3.63) is 66.6 Å². The van der Waals surface area contributed by atoms with Crippen LogP contribution in [-0.2, 0) is 6.42 Å². The number of rotatable bonds is 4. The third-order valence-corrected chi connectivity index (χ3v) is 6.36. The Morgan fingerprint density at radius 3 is 2.97 bits per heavy atom. The minimum Gasteiger partial charge on any atom is -0.346 e. The molecule has 0 unspecified atom stereocenters. The molecule has 0 radical (unpaired) electrons. The molecule has 3 aromatic heterocycles. The Labute approximate surface area is 175 Å². The summed E-state index contributed by atoms with van der Waals surface area (Å²) in [4.78, 5) is 22.5. The molecule has 30 heavy (non-hydrogen) atoms. The van der Waals surface area contributed by atoms with Crippen LogP contribution in [-0.4, -0.2) is 45.1 Å². The summed E-state index contributed by atoms with van der Waals surface area (Å²) in [5, 5.41) is 5.38. The summed E-state index contributed by atoms with van der Waals surface area (Å²) in [5.74, 6) is 0.496. The standard InChI is InChI=1S/C24H27N5O/c1-17-9-13-28(24(30)26-11-7-18-5-3-2-4-6-18)16-21(17)29-14-10-19-15-27-23-20(22(19)29)8-12-25-23/h2-6,8,10,12,14-15,17,21H,7,9,11,13,16H2,1H3,(H,25,27)(H,26,30)/t17-,21+/m1/s1. The molecule has 1 saturated heterocycles. The predicted octanol–water partition coefficient (Wildman–Crippen LogP) is 4.35. The van der Waals surface area contributed by atoms with Crippen LogP contribution in [0.5, 0.6) is 0 Å². The number of nitrogens with one attached hydrogen (secondary N) is 2. The molecular weight excluding hydrogens is 374 g/mol. The number of aromatic amines is 1. The number of pyridine rings is 1. The van der Waals surface area contributed by atoms with Crippen LogP contribution >= 0.6 is 0 Å². The molecule has 1 aliphatic rings. The highest BCUT2D eigenvalue weighted by Gasteiger charge is 2.31. The lowest BCUT2D eigenvalue weighted by molar-refractivity contribution is 0.142. The molecule has 4 aromatic rings. The van der Waals surface area contributed by atoms with E-state index in [1.54, 1.807) is 0 Å². The Morgan fingerprint density at radius 2 is 2.10 bits per heavy atom. The van der Waals surface area contributed by atoms with E-state index >= 15 is 0 Å². The van der Waals surface area contributed by atoms with Gasteiger partial charge in [0.25, 0.3) is 0 Å². The Bertz CT molecular complexity index is 1160. The Hall–Kier alpha value is -3.28. The van der Waals surface area contributed by atoms with Gasteiger partial charge in [-0.3, -0.25) is 0 Å². The van der Waals surface area contributed by atoms with Crippen molar-refractivity contribution >= 4 is 28.0 Å². The van der Waals surface area contributed by atoms with Crippen molar-refractivity contribution in [1.29, 1.82) is 0 Å². The van der Waals surface area contributed by atoms with Crippen LogP contribution < -0.4 is 5.32 Å². The Morgan fingerprint density at radius 1 is 1.23 bits per heavy atom. The van der Waals surface area contributed by atoms with E-state index < -0.39 is 0 Å². The van der Waals surface area contributed by atoms with Gasteiger partial charge in [0.2, 0.25) is 0 Å². The van der Waals surface area contributed by atoms with Crippen LogP contribution in [0.3, 0.4) is 0 Å². The second-order valence-corrected chi connectivity index (χ2v) is 8.27. The van der Waals surface area contributed by atoms with Gasteiger partial charge < -0.3 is 19.8 Å². The third-order valence-electron chi connectivity index (χ3n) is 6.36. The van der Waals surface area contributed by atoms with E-state index in [0.717, 1.165) is 42.4 Å². The average Bonchev–Trinajstić information content (AvgIpc) is 3.41. The maximum Gasteiger partial charge on any atom is 0.317 e. The number of benzene rings is 1. The van der Waals surface area contributed by atoms with Gasteiger partial charge >= 0.3 is 6.03 Å². The van der Waals surface area contributed by atoms with Gasteiger partial charge in [0.1, 0.15) is 5.65 Å². The first-order valence-corrected chi connectivity index (χ1v) is 10.7. The molecule has 0 saturated carbocycles. The van der Waals surface area contributed by atoms with Gasteiger partial charge in [-0.05, 0) is 36.5 Å². The largest absolute Gasteiger partial charge is 0.346 e. The number of likely N-dealkylation sites (tertiary alicyclic amines) is 1. The minimum absolute atomic E-state index is 0.0350. The lowest BCUT2D eigenvalue weighted by Crippen LogP contribution is -2.48. The Kier molecular flexibility index (Phi) is 4.91. The van der Waals surface area contributed by atoms with Gasteiger partial charge in [-0.15, -0.1) is 0 Å².